The van der Waals surface area contributed by atoms with Gasteiger partial charge in [-0.25, -0.2) is 0 Å². The van der Waals surface area contributed by atoms with Gasteiger partial charge in [-0.3, -0.25) is 0 Å². The van der Waals surface area contributed by atoms with Crippen LogP contribution in [0.25, 0.3) is 10.9 Å². The van der Waals surface area contributed by atoms with Gasteiger partial charge in [-0.2, -0.15) is 4.68 Å². The minimum absolute atomic E-state index is 0.0396. The molecule has 9 nitrogen and oxygen atoms in total. The van der Waals surface area contributed by atoms with Crippen molar-refractivity contribution in [2.45, 2.75) is 12.6 Å². The molecule has 0 aliphatic rings. The SMILES string of the molecule is O=[N+]([O-])c1ncn(C[C@@H](O)COc2cccc3[nH]ccc23)n1. The third kappa shape index (κ3) is 2.88. The number of ether oxygens (including phenoxy) is 1. The van der Waals surface area contributed by atoms with Gasteiger partial charge >= 0.3 is 5.95 Å². The van der Waals surface area contributed by atoms with Crippen LogP contribution in [0.3, 0.4) is 0 Å². The number of nitrogens with zero attached hydrogens (tertiary/aromatic N) is 4. The molecule has 0 bridgehead atoms. The molecule has 0 saturated heterocycles. The fourth-order valence-corrected chi connectivity index (χ4v) is 2.09. The average molecular weight is 303 g/mol. The molecule has 2 N–H and O–H groups in total. The van der Waals surface area contributed by atoms with Gasteiger partial charge in [-0.1, -0.05) is 11.1 Å². The Balaban J connectivity index is 1.61. The fourth-order valence-electron chi connectivity index (χ4n) is 2.09. The van der Waals surface area contributed by atoms with Gasteiger partial charge in [0.1, 0.15) is 18.5 Å². The van der Waals surface area contributed by atoms with E-state index in [-0.39, 0.29) is 13.2 Å². The highest BCUT2D eigenvalue weighted by Gasteiger charge is 2.16. The third-order valence-electron chi connectivity index (χ3n) is 3.07. The zero-order valence-corrected chi connectivity index (χ0v) is 11.4. The summed E-state index contributed by atoms with van der Waals surface area (Å²) in [5, 5.41) is 25.0. The normalized spacial score (nSPS) is 12.4. The van der Waals surface area contributed by atoms with Gasteiger partial charge < -0.3 is 24.9 Å². The maximum absolute atomic E-state index is 10.5. The predicted molar refractivity (Wildman–Crippen MR) is 76.5 cm³/mol. The van der Waals surface area contributed by atoms with Crippen molar-refractivity contribution < 1.29 is 14.8 Å². The van der Waals surface area contributed by atoms with Crippen LogP contribution in [-0.4, -0.2) is 42.5 Å². The molecule has 2 aromatic heterocycles. The molecular weight excluding hydrogens is 290 g/mol. The Hall–Kier alpha value is -2.94. The first-order valence-corrected chi connectivity index (χ1v) is 6.54. The van der Waals surface area contributed by atoms with Crippen LogP contribution in [0, 0.1) is 10.1 Å². The Morgan fingerprint density at radius 3 is 3.09 bits per heavy atom. The number of H-pyrrole nitrogens is 1. The van der Waals surface area contributed by atoms with Gasteiger partial charge in [-0.05, 0) is 23.1 Å². The van der Waals surface area contributed by atoms with E-state index >= 15 is 0 Å². The lowest BCUT2D eigenvalue weighted by Gasteiger charge is -2.11. The summed E-state index contributed by atoms with van der Waals surface area (Å²) in [6.07, 6.45) is 2.15. The molecule has 0 saturated carbocycles. The van der Waals surface area contributed by atoms with Crippen molar-refractivity contribution in [3.63, 3.8) is 0 Å². The summed E-state index contributed by atoms with van der Waals surface area (Å²) < 4.78 is 6.81. The number of aliphatic hydroxyl groups is 1. The van der Waals surface area contributed by atoms with E-state index < -0.39 is 17.0 Å². The number of nitrogens with one attached hydrogen (secondary N) is 1. The maximum atomic E-state index is 10.5. The lowest BCUT2D eigenvalue weighted by atomic mass is 10.2. The second-order valence-electron chi connectivity index (χ2n) is 4.68. The first-order valence-electron chi connectivity index (χ1n) is 6.54. The minimum atomic E-state index is -0.865. The van der Waals surface area contributed by atoms with E-state index in [1.807, 2.05) is 30.5 Å². The molecule has 0 aliphatic carbocycles. The average Bonchev–Trinajstić information content (AvgIpc) is 3.13. The van der Waals surface area contributed by atoms with Crippen molar-refractivity contribution in [3.05, 3.63) is 46.9 Å². The van der Waals surface area contributed by atoms with Gasteiger partial charge in [0.15, 0.2) is 0 Å². The number of hydrogen-bond donors (Lipinski definition) is 2. The summed E-state index contributed by atoms with van der Waals surface area (Å²) >= 11 is 0. The second-order valence-corrected chi connectivity index (χ2v) is 4.68. The molecule has 0 amide bonds. The quantitative estimate of drug-likeness (QED) is 0.520. The monoisotopic (exact) mass is 303 g/mol. The van der Waals surface area contributed by atoms with Crippen molar-refractivity contribution in [2.75, 3.05) is 6.61 Å². The van der Waals surface area contributed by atoms with Crippen LogP contribution in [0.2, 0.25) is 0 Å². The summed E-state index contributed by atoms with van der Waals surface area (Å²) in [6.45, 7) is 0.0991. The molecule has 114 valence electrons. The summed E-state index contributed by atoms with van der Waals surface area (Å²) in [6, 6.07) is 7.47. The van der Waals surface area contributed by atoms with Gasteiger partial charge in [0, 0.05) is 22.2 Å². The van der Waals surface area contributed by atoms with Crippen molar-refractivity contribution in [1.29, 1.82) is 0 Å². The number of nitro groups is 1. The molecular formula is C13H13N5O4. The van der Waals surface area contributed by atoms with Crippen LogP contribution in [-0.2, 0) is 6.54 Å². The highest BCUT2D eigenvalue weighted by Crippen LogP contribution is 2.24. The van der Waals surface area contributed by atoms with E-state index in [1.165, 1.54) is 11.0 Å². The Labute approximate surface area is 124 Å². The Bertz CT molecular complexity index is 796. The molecule has 3 aromatic rings. The zero-order chi connectivity index (χ0) is 15.5. The molecule has 0 unspecified atom stereocenters. The van der Waals surface area contributed by atoms with Crippen molar-refractivity contribution in [2.24, 2.45) is 0 Å². The first kappa shape index (κ1) is 14.0. The number of aromatic amines is 1. The van der Waals surface area contributed by atoms with Crippen molar-refractivity contribution in [1.82, 2.24) is 19.7 Å². The smallest absolute Gasteiger partial charge is 0.490 e. The highest BCUT2D eigenvalue weighted by atomic mass is 16.6. The van der Waals surface area contributed by atoms with Gasteiger partial charge in [0.25, 0.3) is 0 Å². The van der Waals surface area contributed by atoms with E-state index in [9.17, 15) is 15.2 Å². The van der Waals surface area contributed by atoms with E-state index in [4.69, 9.17) is 4.74 Å². The largest absolute Gasteiger partial charge is 0.490 e. The molecule has 3 rings (SSSR count). The van der Waals surface area contributed by atoms with E-state index in [0.717, 1.165) is 10.9 Å². The summed E-state index contributed by atoms with van der Waals surface area (Å²) in [5.41, 5.74) is 0.943. The molecule has 0 fully saturated rings. The van der Waals surface area contributed by atoms with Crippen LogP contribution in [0.5, 0.6) is 5.75 Å². The van der Waals surface area contributed by atoms with E-state index in [2.05, 4.69) is 15.1 Å². The Morgan fingerprint density at radius 2 is 2.32 bits per heavy atom. The van der Waals surface area contributed by atoms with Crippen LogP contribution in [0.4, 0.5) is 5.95 Å². The van der Waals surface area contributed by atoms with Gasteiger partial charge in [0.05, 0.1) is 6.54 Å². The van der Waals surface area contributed by atoms with Crippen LogP contribution in [0.1, 0.15) is 0 Å². The molecule has 1 atom stereocenters. The predicted octanol–water partition coefficient (Wildman–Crippen LogP) is 1.11. The Morgan fingerprint density at radius 1 is 1.45 bits per heavy atom. The molecule has 0 radical (unpaired) electrons. The number of benzene rings is 1. The van der Waals surface area contributed by atoms with E-state index in [1.54, 1.807) is 0 Å². The molecule has 0 spiro atoms. The standard InChI is InChI=1S/C13H13N5O4/c19-9(6-17-8-15-13(16-17)18(20)21)7-22-12-3-1-2-11-10(12)4-5-14-11/h1-5,8-9,14,19H,6-7H2/t9-/m1/s1. The summed E-state index contributed by atoms with van der Waals surface area (Å²) in [4.78, 5) is 16.4. The van der Waals surface area contributed by atoms with Gasteiger partial charge in [-0.15, -0.1) is 0 Å². The number of aliphatic hydroxyl groups excluding tert-OH is 1. The van der Waals surface area contributed by atoms with Crippen molar-refractivity contribution >= 4 is 16.9 Å². The lowest BCUT2D eigenvalue weighted by Crippen LogP contribution is -2.24. The first-order chi connectivity index (χ1) is 10.6. The summed E-state index contributed by atoms with van der Waals surface area (Å²) in [5.74, 6) is 0.160. The number of hydrogen-bond acceptors (Lipinski definition) is 6. The van der Waals surface area contributed by atoms with Crippen LogP contribution >= 0.6 is 0 Å². The second kappa shape index (κ2) is 5.82. The minimum Gasteiger partial charge on any atom is -0.490 e. The van der Waals surface area contributed by atoms with Crippen molar-refractivity contribution in [3.8, 4) is 5.75 Å². The van der Waals surface area contributed by atoms with Crippen LogP contribution < -0.4 is 4.74 Å². The molecule has 0 aliphatic heterocycles. The maximum Gasteiger partial charge on any atom is 0.490 e. The molecule has 2 heterocycles. The van der Waals surface area contributed by atoms with E-state index in [0.29, 0.717) is 5.75 Å². The topological polar surface area (TPSA) is 119 Å². The molecule has 1 aromatic carbocycles. The van der Waals surface area contributed by atoms with Gasteiger partial charge in [0.2, 0.25) is 6.33 Å². The van der Waals surface area contributed by atoms with Crippen LogP contribution in [0.15, 0.2) is 36.8 Å². The third-order valence-corrected chi connectivity index (χ3v) is 3.07. The highest BCUT2D eigenvalue weighted by molar-refractivity contribution is 5.85. The Kier molecular flexibility index (Phi) is 3.71. The zero-order valence-electron chi connectivity index (χ0n) is 11.4. The number of rotatable bonds is 6. The molecule has 9 heteroatoms. The number of fused-ring (bicyclic) bond motifs is 1. The molecule has 22 heavy (non-hydrogen) atoms. The lowest BCUT2D eigenvalue weighted by molar-refractivity contribution is -0.394. The summed E-state index contributed by atoms with van der Waals surface area (Å²) in [7, 11) is 0. The number of aromatic nitrogens is 4. The fraction of sp³-hybridized carbons (Fsp3) is 0.231.